The summed E-state index contributed by atoms with van der Waals surface area (Å²) in [6, 6.07) is 2.69. The number of hydrogen-bond acceptors (Lipinski definition) is 4. The molecule has 23 heavy (non-hydrogen) atoms. The number of carbonyl (C=O) groups is 2. The van der Waals surface area contributed by atoms with Crippen molar-refractivity contribution in [2.45, 2.75) is 31.7 Å². The number of benzene rings is 1. The van der Waals surface area contributed by atoms with Gasteiger partial charge in [0.05, 0.1) is 5.92 Å². The zero-order valence-electron chi connectivity index (χ0n) is 12.9. The number of piperidine rings is 1. The van der Waals surface area contributed by atoms with Crippen molar-refractivity contribution in [1.82, 2.24) is 10.6 Å². The number of piperazine rings is 1. The molecule has 7 heteroatoms. The van der Waals surface area contributed by atoms with Crippen LogP contribution in [0.25, 0.3) is 0 Å². The molecule has 2 aliphatic rings. The largest absolute Gasteiger partial charge is 0.366 e. The Morgan fingerprint density at radius 1 is 1.22 bits per heavy atom. The molecular formula is C16H19F2N3O2. The van der Waals surface area contributed by atoms with E-state index in [1.54, 1.807) is 0 Å². The molecule has 0 bridgehead atoms. The predicted molar refractivity (Wildman–Crippen MR) is 81.2 cm³/mol. The lowest BCUT2D eigenvalue weighted by Gasteiger charge is -2.36. The number of imide groups is 1. The number of hydrogen-bond donors (Lipinski definition) is 2. The topological polar surface area (TPSA) is 61.4 Å². The molecule has 1 aromatic carbocycles. The van der Waals surface area contributed by atoms with Crippen LogP contribution in [0, 0.1) is 11.6 Å². The quantitative estimate of drug-likeness (QED) is 0.805. The highest BCUT2D eigenvalue weighted by Gasteiger charge is 2.33. The number of carbonyl (C=O) groups excluding carboxylic acids is 2. The van der Waals surface area contributed by atoms with Crippen molar-refractivity contribution >= 4 is 17.5 Å². The van der Waals surface area contributed by atoms with Gasteiger partial charge >= 0.3 is 0 Å². The highest BCUT2D eigenvalue weighted by atomic mass is 19.1. The van der Waals surface area contributed by atoms with Crippen LogP contribution in [0.1, 0.15) is 31.2 Å². The third-order valence-corrected chi connectivity index (χ3v) is 4.48. The van der Waals surface area contributed by atoms with E-state index in [2.05, 4.69) is 10.6 Å². The maximum Gasteiger partial charge on any atom is 0.234 e. The second-order valence-electron chi connectivity index (χ2n) is 6.07. The molecule has 0 radical (unpaired) electrons. The summed E-state index contributed by atoms with van der Waals surface area (Å²) in [4.78, 5) is 25.0. The van der Waals surface area contributed by atoms with Gasteiger partial charge in [-0.1, -0.05) is 0 Å². The Morgan fingerprint density at radius 3 is 2.52 bits per heavy atom. The maximum absolute atomic E-state index is 14.5. The van der Waals surface area contributed by atoms with E-state index in [0.29, 0.717) is 12.2 Å². The average molecular weight is 323 g/mol. The minimum absolute atomic E-state index is 0.0892. The number of nitrogens with zero attached hydrogens (tertiary/aromatic N) is 1. The zero-order chi connectivity index (χ0) is 16.6. The minimum Gasteiger partial charge on any atom is -0.366 e. The van der Waals surface area contributed by atoms with Gasteiger partial charge in [0.25, 0.3) is 0 Å². The van der Waals surface area contributed by atoms with Crippen LogP contribution in [-0.2, 0) is 9.59 Å². The monoisotopic (exact) mass is 323 g/mol. The molecule has 2 aliphatic heterocycles. The molecule has 3 rings (SSSR count). The molecule has 5 nitrogen and oxygen atoms in total. The Labute approximate surface area is 133 Å². The second-order valence-corrected chi connectivity index (χ2v) is 6.07. The van der Waals surface area contributed by atoms with E-state index in [-0.39, 0.29) is 24.4 Å². The molecule has 2 N–H and O–H groups in total. The van der Waals surface area contributed by atoms with Crippen molar-refractivity contribution in [3.8, 4) is 0 Å². The van der Waals surface area contributed by atoms with Crippen LogP contribution >= 0.6 is 0 Å². The number of nitrogens with one attached hydrogen (secondary N) is 2. The average Bonchev–Trinajstić information content (AvgIpc) is 2.49. The van der Waals surface area contributed by atoms with Gasteiger partial charge in [0.15, 0.2) is 0 Å². The summed E-state index contributed by atoms with van der Waals surface area (Å²) < 4.78 is 29.0. The summed E-state index contributed by atoms with van der Waals surface area (Å²) in [7, 11) is 0. The van der Waals surface area contributed by atoms with Crippen LogP contribution < -0.4 is 15.5 Å². The molecule has 1 aromatic rings. The standard InChI is InChI=1S/C16H19F2N3O2/c1-9-8-19-4-5-21(9)10-6-12(17)15(13(18)7-10)11-2-3-14(22)20-16(11)23/h6-7,9,11,19H,2-5,8H2,1H3,(H,20,22,23)/t9-,11?/m0/s1. The first-order chi connectivity index (χ1) is 11.0. The summed E-state index contributed by atoms with van der Waals surface area (Å²) in [6.07, 6.45) is 0.216. The lowest BCUT2D eigenvalue weighted by molar-refractivity contribution is -0.134. The third kappa shape index (κ3) is 3.06. The fraction of sp³-hybridized carbons (Fsp3) is 0.500. The molecule has 2 saturated heterocycles. The van der Waals surface area contributed by atoms with Crippen molar-refractivity contribution in [3.05, 3.63) is 29.3 Å². The van der Waals surface area contributed by atoms with E-state index < -0.39 is 29.4 Å². The van der Waals surface area contributed by atoms with Crippen molar-refractivity contribution < 1.29 is 18.4 Å². The lowest BCUT2D eigenvalue weighted by atomic mass is 9.89. The number of anilines is 1. The number of amides is 2. The molecule has 124 valence electrons. The Hall–Kier alpha value is -2.02. The Morgan fingerprint density at radius 2 is 1.91 bits per heavy atom. The van der Waals surface area contributed by atoms with Crippen LogP contribution in [0.4, 0.5) is 14.5 Å². The molecule has 2 atom stereocenters. The first-order valence-electron chi connectivity index (χ1n) is 7.77. The van der Waals surface area contributed by atoms with E-state index in [1.807, 2.05) is 11.8 Å². The van der Waals surface area contributed by atoms with Crippen molar-refractivity contribution in [3.63, 3.8) is 0 Å². The fourth-order valence-electron chi connectivity index (χ4n) is 3.26. The summed E-state index contributed by atoms with van der Waals surface area (Å²) in [5, 5.41) is 5.36. The van der Waals surface area contributed by atoms with Gasteiger partial charge < -0.3 is 10.2 Å². The Balaban J connectivity index is 1.91. The second kappa shape index (κ2) is 6.23. The van der Waals surface area contributed by atoms with Crippen LogP contribution in [0.15, 0.2) is 12.1 Å². The minimum atomic E-state index is -0.956. The number of halogens is 2. The van der Waals surface area contributed by atoms with E-state index >= 15 is 0 Å². The molecule has 2 heterocycles. The molecule has 0 saturated carbocycles. The molecule has 2 fully saturated rings. The Bertz CT molecular complexity index is 627. The summed E-state index contributed by atoms with van der Waals surface area (Å²) in [6.45, 7) is 4.15. The van der Waals surface area contributed by atoms with Crippen molar-refractivity contribution in [2.24, 2.45) is 0 Å². The van der Waals surface area contributed by atoms with E-state index in [9.17, 15) is 18.4 Å². The fourth-order valence-corrected chi connectivity index (χ4v) is 3.26. The zero-order valence-corrected chi connectivity index (χ0v) is 12.9. The summed E-state index contributed by atoms with van der Waals surface area (Å²) in [5.74, 6) is -3.47. The van der Waals surface area contributed by atoms with Crippen LogP contribution in [0.3, 0.4) is 0 Å². The predicted octanol–water partition coefficient (Wildman–Crippen LogP) is 1.28. The van der Waals surface area contributed by atoms with Crippen LogP contribution in [0.5, 0.6) is 0 Å². The van der Waals surface area contributed by atoms with Gasteiger partial charge in [-0.05, 0) is 25.5 Å². The molecule has 0 spiro atoms. The first-order valence-corrected chi connectivity index (χ1v) is 7.77. The van der Waals surface area contributed by atoms with Gasteiger partial charge in [-0.3, -0.25) is 14.9 Å². The van der Waals surface area contributed by atoms with Gasteiger partial charge in [0.1, 0.15) is 11.6 Å². The summed E-state index contributed by atoms with van der Waals surface area (Å²) in [5.41, 5.74) is 0.228. The first kappa shape index (κ1) is 15.9. The molecule has 1 unspecified atom stereocenters. The maximum atomic E-state index is 14.5. The van der Waals surface area contributed by atoms with E-state index in [4.69, 9.17) is 0 Å². The number of rotatable bonds is 2. The molecular weight excluding hydrogens is 304 g/mol. The van der Waals surface area contributed by atoms with Gasteiger partial charge in [0, 0.05) is 43.3 Å². The van der Waals surface area contributed by atoms with Crippen molar-refractivity contribution in [1.29, 1.82) is 0 Å². The van der Waals surface area contributed by atoms with E-state index in [0.717, 1.165) is 13.1 Å². The summed E-state index contributed by atoms with van der Waals surface area (Å²) >= 11 is 0. The molecule has 2 amide bonds. The van der Waals surface area contributed by atoms with Crippen LogP contribution in [0.2, 0.25) is 0 Å². The van der Waals surface area contributed by atoms with Gasteiger partial charge in [-0.2, -0.15) is 0 Å². The highest BCUT2D eigenvalue weighted by molar-refractivity contribution is 6.01. The SMILES string of the molecule is C[C@H]1CNCCN1c1cc(F)c(C2CCC(=O)NC2=O)c(F)c1. The molecule has 0 aliphatic carbocycles. The van der Waals surface area contributed by atoms with Gasteiger partial charge in [-0.15, -0.1) is 0 Å². The normalized spacial score (nSPS) is 25.4. The Kier molecular flexibility index (Phi) is 4.30. The van der Waals surface area contributed by atoms with E-state index in [1.165, 1.54) is 12.1 Å². The highest BCUT2D eigenvalue weighted by Crippen LogP contribution is 2.32. The smallest absolute Gasteiger partial charge is 0.234 e. The molecule has 0 aromatic heterocycles. The lowest BCUT2D eigenvalue weighted by Crippen LogP contribution is -2.50. The van der Waals surface area contributed by atoms with Crippen molar-refractivity contribution in [2.75, 3.05) is 24.5 Å². The van der Waals surface area contributed by atoms with Crippen LogP contribution in [-0.4, -0.2) is 37.5 Å². The third-order valence-electron chi connectivity index (χ3n) is 4.48. The van der Waals surface area contributed by atoms with Gasteiger partial charge in [-0.25, -0.2) is 8.78 Å². The van der Waals surface area contributed by atoms with Gasteiger partial charge in [0.2, 0.25) is 11.8 Å².